The molecular weight excluding hydrogens is 430 g/mol. The zero-order valence-corrected chi connectivity index (χ0v) is 18.8. The first-order valence-corrected chi connectivity index (χ1v) is 12.3. The number of carbonyl (C=O) groups is 1. The smallest absolute Gasteiger partial charge is 0.261 e. The van der Waals surface area contributed by atoms with Crippen LogP contribution in [-0.2, 0) is 16.4 Å². The van der Waals surface area contributed by atoms with Gasteiger partial charge in [-0.1, -0.05) is 48.6 Å². The molecule has 0 spiro atoms. The number of carbonyl (C=O) groups excluding carboxylic acids is 1. The van der Waals surface area contributed by atoms with Crippen LogP contribution in [0, 0.1) is 6.92 Å². The van der Waals surface area contributed by atoms with Crippen LogP contribution in [0.3, 0.4) is 0 Å². The number of sulfone groups is 1. The molecule has 6 nitrogen and oxygen atoms in total. The molecule has 2 heterocycles. The van der Waals surface area contributed by atoms with Gasteiger partial charge in [-0.25, -0.2) is 13.4 Å². The van der Waals surface area contributed by atoms with Crippen molar-refractivity contribution in [3.63, 3.8) is 0 Å². The summed E-state index contributed by atoms with van der Waals surface area (Å²) in [6.45, 7) is 3.72. The van der Waals surface area contributed by atoms with Gasteiger partial charge in [0.2, 0.25) is 0 Å². The van der Waals surface area contributed by atoms with Crippen molar-refractivity contribution in [2.75, 3.05) is 10.7 Å². The number of pyridine rings is 1. The molecule has 0 N–H and O–H groups in total. The normalized spacial score (nSPS) is 11.5. The number of para-hydroxylation sites is 1. The third-order valence-corrected chi connectivity index (χ3v) is 7.79. The molecule has 0 radical (unpaired) electrons. The van der Waals surface area contributed by atoms with Gasteiger partial charge in [-0.2, -0.15) is 0 Å². The zero-order valence-electron chi connectivity index (χ0n) is 17.1. The predicted molar refractivity (Wildman–Crippen MR) is 123 cm³/mol. The second-order valence-electron chi connectivity index (χ2n) is 7.03. The molecule has 0 fully saturated rings. The monoisotopic (exact) mass is 451 g/mol. The molecule has 31 heavy (non-hydrogen) atoms. The van der Waals surface area contributed by atoms with Gasteiger partial charge in [0.1, 0.15) is 0 Å². The van der Waals surface area contributed by atoms with Crippen molar-refractivity contribution in [1.29, 1.82) is 0 Å². The maximum absolute atomic E-state index is 13.7. The highest BCUT2D eigenvalue weighted by molar-refractivity contribution is 7.91. The van der Waals surface area contributed by atoms with Crippen LogP contribution >= 0.6 is 11.3 Å². The molecular formula is C23H21N3O3S2. The van der Waals surface area contributed by atoms with Crippen molar-refractivity contribution in [3.8, 4) is 0 Å². The second-order valence-corrected chi connectivity index (χ2v) is 10.3. The van der Waals surface area contributed by atoms with Crippen LogP contribution < -0.4 is 4.90 Å². The van der Waals surface area contributed by atoms with Crippen molar-refractivity contribution < 1.29 is 13.2 Å². The number of anilines is 1. The summed E-state index contributed by atoms with van der Waals surface area (Å²) in [6.07, 6.45) is 1.66. The maximum Gasteiger partial charge on any atom is 0.261 e. The number of aromatic nitrogens is 2. The van der Waals surface area contributed by atoms with Gasteiger partial charge in [-0.15, -0.1) is 0 Å². The van der Waals surface area contributed by atoms with Gasteiger partial charge in [-0.3, -0.25) is 14.7 Å². The van der Waals surface area contributed by atoms with Gasteiger partial charge in [0.15, 0.2) is 15.0 Å². The first-order valence-electron chi connectivity index (χ1n) is 9.80. The molecule has 0 atom stereocenters. The average molecular weight is 452 g/mol. The van der Waals surface area contributed by atoms with Crippen LogP contribution in [-0.4, -0.2) is 30.0 Å². The fourth-order valence-electron chi connectivity index (χ4n) is 3.29. The number of fused-ring (bicyclic) bond motifs is 1. The topological polar surface area (TPSA) is 80.2 Å². The van der Waals surface area contributed by atoms with E-state index < -0.39 is 15.7 Å². The van der Waals surface area contributed by atoms with Crippen molar-refractivity contribution >= 4 is 42.4 Å². The highest BCUT2D eigenvalue weighted by atomic mass is 32.2. The summed E-state index contributed by atoms with van der Waals surface area (Å²) in [6, 6.07) is 17.7. The Hall–Kier alpha value is -3.10. The summed E-state index contributed by atoms with van der Waals surface area (Å²) >= 11 is 1.40. The average Bonchev–Trinajstić information content (AvgIpc) is 3.23. The van der Waals surface area contributed by atoms with Gasteiger partial charge in [0.25, 0.3) is 5.91 Å². The molecule has 158 valence electrons. The Morgan fingerprint density at radius 1 is 1.03 bits per heavy atom. The van der Waals surface area contributed by atoms with Crippen LogP contribution in [0.5, 0.6) is 0 Å². The second kappa shape index (κ2) is 8.56. The van der Waals surface area contributed by atoms with E-state index in [-0.39, 0.29) is 22.8 Å². The summed E-state index contributed by atoms with van der Waals surface area (Å²) in [5.41, 5.74) is 2.66. The number of amides is 1. The van der Waals surface area contributed by atoms with Crippen LogP contribution in [0.25, 0.3) is 10.2 Å². The predicted octanol–water partition coefficient (Wildman–Crippen LogP) is 4.64. The Labute approximate surface area is 185 Å². The van der Waals surface area contributed by atoms with E-state index in [0.717, 1.165) is 15.8 Å². The maximum atomic E-state index is 13.7. The minimum absolute atomic E-state index is 0.0332. The molecule has 4 rings (SSSR count). The minimum atomic E-state index is -3.57. The van der Waals surface area contributed by atoms with Crippen molar-refractivity contribution in [2.24, 2.45) is 0 Å². The molecule has 0 saturated heterocycles. The first kappa shape index (κ1) is 21.1. The molecule has 0 aliphatic rings. The lowest BCUT2D eigenvalue weighted by Crippen LogP contribution is -2.32. The molecule has 0 saturated carbocycles. The summed E-state index contributed by atoms with van der Waals surface area (Å²) < 4.78 is 26.2. The molecule has 4 aromatic rings. The highest BCUT2D eigenvalue weighted by Crippen LogP contribution is 2.33. The molecule has 0 unspecified atom stereocenters. The van der Waals surface area contributed by atoms with Crippen molar-refractivity contribution in [3.05, 3.63) is 83.7 Å². The summed E-state index contributed by atoms with van der Waals surface area (Å²) in [5, 5.41) is 0.503. The van der Waals surface area contributed by atoms with E-state index in [2.05, 4.69) is 4.98 Å². The van der Waals surface area contributed by atoms with E-state index >= 15 is 0 Å². The van der Waals surface area contributed by atoms with Gasteiger partial charge < -0.3 is 0 Å². The van der Waals surface area contributed by atoms with E-state index in [1.54, 1.807) is 37.4 Å². The van der Waals surface area contributed by atoms with Crippen LogP contribution in [0.2, 0.25) is 0 Å². The molecule has 0 aliphatic carbocycles. The minimum Gasteiger partial charge on any atom is -0.278 e. The summed E-state index contributed by atoms with van der Waals surface area (Å²) in [5.74, 6) is -0.507. The largest absolute Gasteiger partial charge is 0.278 e. The van der Waals surface area contributed by atoms with E-state index in [9.17, 15) is 13.2 Å². The van der Waals surface area contributed by atoms with Crippen LogP contribution in [0.4, 0.5) is 5.13 Å². The highest BCUT2D eigenvalue weighted by Gasteiger charge is 2.27. The lowest BCUT2D eigenvalue weighted by atomic mass is 10.2. The molecule has 2 aromatic heterocycles. The van der Waals surface area contributed by atoms with Crippen molar-refractivity contribution in [1.82, 2.24) is 9.97 Å². The van der Waals surface area contributed by atoms with E-state index in [4.69, 9.17) is 4.98 Å². The van der Waals surface area contributed by atoms with E-state index in [1.165, 1.54) is 22.3 Å². The summed E-state index contributed by atoms with van der Waals surface area (Å²) in [4.78, 5) is 24.3. The number of rotatable bonds is 6. The Bertz CT molecular complexity index is 1350. The first-order chi connectivity index (χ1) is 14.9. The van der Waals surface area contributed by atoms with Crippen LogP contribution in [0.1, 0.15) is 28.5 Å². The third-order valence-electron chi connectivity index (χ3n) is 4.96. The Balaban J connectivity index is 1.85. The SMILES string of the molecule is CCS(=O)(=O)c1ccccc1C(=O)N(Cc1ccccn1)c1nc2c(C)cccc2s1. The van der Waals surface area contributed by atoms with Gasteiger partial charge in [-0.05, 0) is 42.8 Å². The number of nitrogens with zero attached hydrogens (tertiary/aromatic N) is 3. The lowest BCUT2D eigenvalue weighted by Gasteiger charge is -2.21. The number of aryl methyl sites for hydroxylation is 1. The molecule has 0 aliphatic heterocycles. The number of hydrogen-bond donors (Lipinski definition) is 0. The summed E-state index contributed by atoms with van der Waals surface area (Å²) in [7, 11) is -3.57. The number of hydrogen-bond acceptors (Lipinski definition) is 6. The van der Waals surface area contributed by atoms with Gasteiger partial charge in [0, 0.05) is 6.20 Å². The van der Waals surface area contributed by atoms with E-state index in [0.29, 0.717) is 10.8 Å². The standard InChI is InChI=1S/C23H21N3O3S2/c1-3-31(28,29)20-13-5-4-11-18(20)22(27)26(15-17-10-6-7-14-24-17)23-25-21-16(2)9-8-12-19(21)30-23/h4-14H,3,15H2,1-2H3. The quantitative estimate of drug-likeness (QED) is 0.427. The number of thiazole rings is 1. The fraction of sp³-hybridized carbons (Fsp3) is 0.174. The van der Waals surface area contributed by atoms with Crippen LogP contribution in [0.15, 0.2) is 71.8 Å². The lowest BCUT2D eigenvalue weighted by molar-refractivity contribution is 0.0981. The Kier molecular flexibility index (Phi) is 5.84. The Morgan fingerprint density at radius 3 is 2.52 bits per heavy atom. The van der Waals surface area contributed by atoms with Crippen molar-refractivity contribution in [2.45, 2.75) is 25.3 Å². The molecule has 2 aromatic carbocycles. The van der Waals surface area contributed by atoms with Gasteiger partial charge >= 0.3 is 0 Å². The van der Waals surface area contributed by atoms with E-state index in [1.807, 2.05) is 37.3 Å². The third kappa shape index (κ3) is 4.22. The van der Waals surface area contributed by atoms with Gasteiger partial charge in [0.05, 0.1) is 38.7 Å². The number of benzene rings is 2. The molecule has 8 heteroatoms. The Morgan fingerprint density at radius 2 is 1.81 bits per heavy atom. The fourth-order valence-corrected chi connectivity index (χ4v) is 5.41. The molecule has 1 amide bonds. The zero-order chi connectivity index (χ0) is 22.0. The molecule has 0 bridgehead atoms.